The minimum absolute atomic E-state index is 0.789. The molecular weight excluding hydrogens is 74.1 g/mol. The Bertz CT molecular complexity index is 47.9. The molecule has 0 bridgehead atoms. The molecule has 0 saturated carbocycles. The Morgan fingerprint density at radius 3 is 2.33 bits per heavy atom. The monoisotopic (exact) mass is 84.1 g/mol. The van der Waals surface area contributed by atoms with Crippen molar-refractivity contribution in [1.29, 1.82) is 0 Å². The third-order valence-electron chi connectivity index (χ3n) is 0.456. The zero-order valence-corrected chi connectivity index (χ0v) is 4.28. The molecule has 0 aliphatic heterocycles. The van der Waals surface area contributed by atoms with E-state index in [2.05, 4.69) is 5.32 Å². The first-order valence-corrected chi connectivity index (χ1v) is 2.10. The lowest BCUT2D eigenvalue weighted by Crippen LogP contribution is -2.07. The standard InChI is InChI=1S/C5H10N/c1-4-6-5(2)3/h2,6H,4H2,1,3H3. The fourth-order valence-corrected chi connectivity index (χ4v) is 0.279. The number of hydrogen-bond acceptors (Lipinski definition) is 1. The van der Waals surface area contributed by atoms with Crippen LogP contribution in [0.1, 0.15) is 13.8 Å². The van der Waals surface area contributed by atoms with E-state index in [1.54, 1.807) is 0 Å². The predicted molar refractivity (Wildman–Crippen MR) is 27.2 cm³/mol. The van der Waals surface area contributed by atoms with Gasteiger partial charge in [0.25, 0.3) is 0 Å². The van der Waals surface area contributed by atoms with Crippen LogP contribution in [-0.4, -0.2) is 6.54 Å². The number of nitrogens with one attached hydrogen (secondary N) is 1. The second kappa shape index (κ2) is 2.76. The van der Waals surface area contributed by atoms with E-state index in [0.717, 1.165) is 12.2 Å². The molecule has 0 amide bonds. The fourth-order valence-electron chi connectivity index (χ4n) is 0.279. The summed E-state index contributed by atoms with van der Waals surface area (Å²) in [4.78, 5) is 0. The molecule has 0 saturated heterocycles. The van der Waals surface area contributed by atoms with E-state index in [-0.39, 0.29) is 0 Å². The summed E-state index contributed by atoms with van der Waals surface area (Å²) < 4.78 is 0. The Hall–Kier alpha value is -0.460. The van der Waals surface area contributed by atoms with Gasteiger partial charge in [0, 0.05) is 12.2 Å². The van der Waals surface area contributed by atoms with Crippen molar-refractivity contribution in [1.82, 2.24) is 5.32 Å². The number of allylic oxidation sites excluding steroid dienone is 1. The maximum Gasteiger partial charge on any atom is 0.0115 e. The molecule has 0 heterocycles. The third-order valence-corrected chi connectivity index (χ3v) is 0.456. The highest BCUT2D eigenvalue weighted by Gasteiger charge is 1.71. The van der Waals surface area contributed by atoms with Gasteiger partial charge in [-0.15, -0.1) is 0 Å². The molecule has 1 N–H and O–H groups in total. The topological polar surface area (TPSA) is 12.0 Å². The minimum atomic E-state index is 0.789. The Morgan fingerprint density at radius 1 is 1.83 bits per heavy atom. The first-order chi connectivity index (χ1) is 2.77. The van der Waals surface area contributed by atoms with Gasteiger partial charge in [-0.1, -0.05) is 0 Å². The van der Waals surface area contributed by atoms with E-state index in [1.165, 1.54) is 0 Å². The molecule has 35 valence electrons. The first kappa shape index (κ1) is 5.54. The fraction of sp³-hybridized carbons (Fsp3) is 0.600. The molecule has 0 fully saturated rings. The largest absolute Gasteiger partial charge is 0.389 e. The zero-order chi connectivity index (χ0) is 4.99. The summed E-state index contributed by atoms with van der Waals surface area (Å²) >= 11 is 0. The van der Waals surface area contributed by atoms with E-state index < -0.39 is 0 Å². The molecule has 0 aromatic heterocycles. The maximum atomic E-state index is 5.21. The summed E-state index contributed by atoms with van der Waals surface area (Å²) in [5.41, 5.74) is 0.789. The third kappa shape index (κ3) is 3.54. The second-order valence-corrected chi connectivity index (χ2v) is 1.21. The van der Waals surface area contributed by atoms with E-state index in [0.29, 0.717) is 0 Å². The first-order valence-electron chi connectivity index (χ1n) is 2.10. The molecular formula is C5H10N. The van der Waals surface area contributed by atoms with Gasteiger partial charge in [-0.25, -0.2) is 0 Å². The highest BCUT2D eigenvalue weighted by molar-refractivity contribution is 4.78. The normalized spacial score (nSPS) is 7.67. The van der Waals surface area contributed by atoms with Crippen LogP contribution in [0.25, 0.3) is 0 Å². The van der Waals surface area contributed by atoms with Crippen molar-refractivity contribution in [3.63, 3.8) is 0 Å². The van der Waals surface area contributed by atoms with Crippen molar-refractivity contribution in [3.8, 4) is 0 Å². The highest BCUT2D eigenvalue weighted by atomic mass is 14.8. The van der Waals surface area contributed by atoms with Gasteiger partial charge < -0.3 is 5.32 Å². The van der Waals surface area contributed by atoms with E-state index >= 15 is 0 Å². The number of rotatable bonds is 2. The smallest absolute Gasteiger partial charge is 0.0115 e. The zero-order valence-electron chi connectivity index (χ0n) is 4.28. The lowest BCUT2D eigenvalue weighted by atomic mass is 10.5. The van der Waals surface area contributed by atoms with Crippen LogP contribution in [0, 0.1) is 6.58 Å². The molecule has 6 heavy (non-hydrogen) atoms. The van der Waals surface area contributed by atoms with Gasteiger partial charge in [0.1, 0.15) is 0 Å². The summed E-state index contributed by atoms with van der Waals surface area (Å²) in [6, 6.07) is 0. The van der Waals surface area contributed by atoms with E-state index in [1.807, 2.05) is 13.8 Å². The molecule has 1 nitrogen and oxygen atoms in total. The van der Waals surface area contributed by atoms with E-state index in [4.69, 9.17) is 6.58 Å². The van der Waals surface area contributed by atoms with Crippen molar-refractivity contribution >= 4 is 0 Å². The van der Waals surface area contributed by atoms with Crippen LogP contribution in [0.4, 0.5) is 0 Å². The summed E-state index contributed by atoms with van der Waals surface area (Å²) in [5.74, 6) is 0. The van der Waals surface area contributed by atoms with Crippen molar-refractivity contribution in [2.75, 3.05) is 6.54 Å². The molecule has 0 aromatic rings. The molecule has 0 aliphatic rings. The maximum absolute atomic E-state index is 5.21. The molecule has 0 rings (SSSR count). The lowest BCUT2D eigenvalue weighted by Gasteiger charge is -1.94. The van der Waals surface area contributed by atoms with Crippen LogP contribution in [-0.2, 0) is 0 Å². The molecule has 1 heteroatoms. The van der Waals surface area contributed by atoms with Crippen LogP contribution in [0.15, 0.2) is 5.70 Å². The Balaban J connectivity index is 2.83. The Kier molecular flexibility index (Phi) is 2.55. The van der Waals surface area contributed by atoms with Gasteiger partial charge in [-0.05, 0) is 20.4 Å². The van der Waals surface area contributed by atoms with Gasteiger partial charge in [-0.2, -0.15) is 0 Å². The average Bonchev–Trinajstić information content (AvgIpc) is 1.35. The van der Waals surface area contributed by atoms with Crippen molar-refractivity contribution in [3.05, 3.63) is 12.3 Å². The van der Waals surface area contributed by atoms with Crippen LogP contribution in [0.5, 0.6) is 0 Å². The summed E-state index contributed by atoms with van der Waals surface area (Å²) in [6.45, 7) is 9.97. The SMILES string of the molecule is [CH]=C(C)NCC. The van der Waals surface area contributed by atoms with Crippen LogP contribution in [0.3, 0.4) is 0 Å². The van der Waals surface area contributed by atoms with Crippen LogP contribution in [0.2, 0.25) is 0 Å². The average molecular weight is 84.1 g/mol. The van der Waals surface area contributed by atoms with Crippen molar-refractivity contribution in [2.45, 2.75) is 13.8 Å². The van der Waals surface area contributed by atoms with E-state index in [9.17, 15) is 0 Å². The highest BCUT2D eigenvalue weighted by Crippen LogP contribution is 1.71. The molecule has 0 unspecified atom stereocenters. The van der Waals surface area contributed by atoms with Crippen LogP contribution < -0.4 is 5.32 Å². The Labute approximate surface area is 39.1 Å². The van der Waals surface area contributed by atoms with Crippen molar-refractivity contribution in [2.24, 2.45) is 0 Å². The second-order valence-electron chi connectivity index (χ2n) is 1.21. The molecule has 1 radical (unpaired) electrons. The molecule has 0 aliphatic carbocycles. The van der Waals surface area contributed by atoms with Crippen LogP contribution >= 0.6 is 0 Å². The quantitative estimate of drug-likeness (QED) is 0.525. The summed E-state index contributed by atoms with van der Waals surface area (Å²) in [7, 11) is 0. The minimum Gasteiger partial charge on any atom is -0.389 e. The van der Waals surface area contributed by atoms with Crippen molar-refractivity contribution < 1.29 is 0 Å². The summed E-state index contributed by atoms with van der Waals surface area (Å²) in [5, 5.41) is 2.90. The lowest BCUT2D eigenvalue weighted by molar-refractivity contribution is 0.856. The van der Waals surface area contributed by atoms with Gasteiger partial charge in [0.2, 0.25) is 0 Å². The van der Waals surface area contributed by atoms with Gasteiger partial charge in [0.15, 0.2) is 0 Å². The van der Waals surface area contributed by atoms with Gasteiger partial charge in [0.05, 0.1) is 0 Å². The molecule has 0 atom stereocenters. The molecule has 0 aromatic carbocycles. The summed E-state index contributed by atoms with van der Waals surface area (Å²) in [6.07, 6.45) is 0. The van der Waals surface area contributed by atoms with Gasteiger partial charge >= 0.3 is 0 Å². The molecule has 0 spiro atoms. The van der Waals surface area contributed by atoms with Gasteiger partial charge in [-0.3, -0.25) is 0 Å². The predicted octanol–water partition coefficient (Wildman–Crippen LogP) is 0.933. The Morgan fingerprint density at radius 2 is 2.33 bits per heavy atom. The number of hydrogen-bond donors (Lipinski definition) is 1.